The van der Waals surface area contributed by atoms with Crippen molar-refractivity contribution in [2.75, 3.05) is 26.7 Å². The number of alkyl carbamates (subject to hydrolysis) is 1. The van der Waals surface area contributed by atoms with Crippen LogP contribution in [-0.2, 0) is 4.74 Å². The second-order valence-electron chi connectivity index (χ2n) is 5.21. The van der Waals surface area contributed by atoms with Crippen LogP contribution < -0.4 is 16.0 Å². The molecule has 6 nitrogen and oxygen atoms in total. The van der Waals surface area contributed by atoms with Gasteiger partial charge in [0.05, 0.1) is 0 Å². The molecule has 0 spiro atoms. The normalized spacial score (nSPS) is 11.9. The fraction of sp³-hybridized carbons (Fsp3) is 0.846. The molecule has 112 valence electrons. The molecular weight excluding hydrogens is 244 g/mol. The molecule has 0 aliphatic carbocycles. The van der Waals surface area contributed by atoms with Gasteiger partial charge in [-0.2, -0.15) is 0 Å². The van der Waals surface area contributed by atoms with E-state index in [1.165, 1.54) is 0 Å². The average Bonchev–Trinajstić information content (AvgIpc) is 2.30. The Hall–Kier alpha value is -1.46. The number of hydrogen-bond donors (Lipinski definition) is 3. The van der Waals surface area contributed by atoms with Crippen LogP contribution >= 0.6 is 0 Å². The Bertz CT molecular complexity index is 285. The number of guanidine groups is 1. The second-order valence-corrected chi connectivity index (χ2v) is 5.21. The number of aliphatic imine (C=N–C) groups is 1. The Balaban J connectivity index is 3.69. The van der Waals surface area contributed by atoms with E-state index in [1.54, 1.807) is 7.05 Å². The van der Waals surface area contributed by atoms with Gasteiger partial charge in [0.25, 0.3) is 0 Å². The number of unbranched alkanes of at least 4 members (excludes halogenated alkanes) is 1. The molecule has 6 heteroatoms. The van der Waals surface area contributed by atoms with E-state index in [9.17, 15) is 4.79 Å². The number of hydrogen-bond acceptors (Lipinski definition) is 3. The monoisotopic (exact) mass is 272 g/mol. The number of carbonyl (C=O) groups excluding carboxylic acids is 1. The summed E-state index contributed by atoms with van der Waals surface area (Å²) in [4.78, 5) is 15.5. The first-order valence-corrected chi connectivity index (χ1v) is 6.80. The highest BCUT2D eigenvalue weighted by Gasteiger charge is 2.15. The molecule has 0 bridgehead atoms. The van der Waals surface area contributed by atoms with Gasteiger partial charge in [-0.3, -0.25) is 4.99 Å². The van der Waals surface area contributed by atoms with E-state index in [1.807, 2.05) is 20.8 Å². The molecule has 0 radical (unpaired) electrons. The van der Waals surface area contributed by atoms with Crippen molar-refractivity contribution in [3.63, 3.8) is 0 Å². The molecule has 0 unspecified atom stereocenters. The summed E-state index contributed by atoms with van der Waals surface area (Å²) >= 11 is 0. The number of nitrogens with one attached hydrogen (secondary N) is 3. The SMILES string of the molecule is CCCCNC(=NC)NCCNC(=O)OC(C)(C)C. The summed E-state index contributed by atoms with van der Waals surface area (Å²) in [7, 11) is 1.72. The minimum atomic E-state index is -0.463. The standard InChI is InChI=1S/C13H28N4O2/c1-6-7-8-15-11(14-5)16-9-10-17-12(18)19-13(2,3)4/h6-10H2,1-5H3,(H,17,18)(H2,14,15,16). The lowest BCUT2D eigenvalue weighted by Gasteiger charge is -2.19. The highest BCUT2D eigenvalue weighted by Crippen LogP contribution is 2.05. The second kappa shape index (κ2) is 9.47. The number of rotatable bonds is 6. The predicted octanol–water partition coefficient (Wildman–Crippen LogP) is 1.48. The Morgan fingerprint density at radius 1 is 1.11 bits per heavy atom. The molecule has 0 saturated carbocycles. The van der Waals surface area contributed by atoms with E-state index in [-0.39, 0.29) is 0 Å². The van der Waals surface area contributed by atoms with Crippen molar-refractivity contribution in [1.82, 2.24) is 16.0 Å². The van der Waals surface area contributed by atoms with Gasteiger partial charge >= 0.3 is 6.09 Å². The van der Waals surface area contributed by atoms with Crippen molar-refractivity contribution in [1.29, 1.82) is 0 Å². The Morgan fingerprint density at radius 2 is 1.68 bits per heavy atom. The predicted molar refractivity (Wildman–Crippen MR) is 78.5 cm³/mol. The van der Waals surface area contributed by atoms with Crippen molar-refractivity contribution in [2.24, 2.45) is 4.99 Å². The highest BCUT2D eigenvalue weighted by atomic mass is 16.6. The van der Waals surface area contributed by atoms with E-state index < -0.39 is 11.7 Å². The number of amides is 1. The maximum Gasteiger partial charge on any atom is 0.407 e. The molecule has 3 N–H and O–H groups in total. The summed E-state index contributed by atoms with van der Waals surface area (Å²) in [6, 6.07) is 0. The minimum absolute atomic E-state index is 0.400. The zero-order valence-corrected chi connectivity index (χ0v) is 12.8. The molecule has 0 aromatic heterocycles. The summed E-state index contributed by atoms with van der Waals surface area (Å²) in [6.07, 6.45) is 1.85. The van der Waals surface area contributed by atoms with E-state index in [2.05, 4.69) is 27.9 Å². The summed E-state index contributed by atoms with van der Waals surface area (Å²) in [5.74, 6) is 0.749. The van der Waals surface area contributed by atoms with Crippen molar-refractivity contribution in [3.05, 3.63) is 0 Å². The fourth-order valence-corrected chi connectivity index (χ4v) is 1.26. The zero-order chi connectivity index (χ0) is 14.7. The van der Waals surface area contributed by atoms with Gasteiger partial charge in [-0.15, -0.1) is 0 Å². The fourth-order valence-electron chi connectivity index (χ4n) is 1.26. The molecule has 0 fully saturated rings. The smallest absolute Gasteiger partial charge is 0.407 e. The Kier molecular flexibility index (Phi) is 8.74. The van der Waals surface area contributed by atoms with Gasteiger partial charge in [-0.25, -0.2) is 4.79 Å². The van der Waals surface area contributed by atoms with Crippen molar-refractivity contribution < 1.29 is 9.53 Å². The van der Waals surface area contributed by atoms with Gasteiger partial charge < -0.3 is 20.7 Å². The number of ether oxygens (including phenoxy) is 1. The van der Waals surface area contributed by atoms with Crippen LogP contribution in [0.2, 0.25) is 0 Å². The van der Waals surface area contributed by atoms with Gasteiger partial charge in [-0.05, 0) is 27.2 Å². The van der Waals surface area contributed by atoms with Crippen LogP contribution in [-0.4, -0.2) is 44.3 Å². The van der Waals surface area contributed by atoms with Gasteiger partial charge in [0, 0.05) is 26.7 Å². The van der Waals surface area contributed by atoms with E-state index in [4.69, 9.17) is 4.74 Å². The topological polar surface area (TPSA) is 74.8 Å². The first-order chi connectivity index (χ1) is 8.89. The van der Waals surface area contributed by atoms with Crippen LogP contribution in [0.25, 0.3) is 0 Å². The van der Waals surface area contributed by atoms with E-state index in [0.29, 0.717) is 13.1 Å². The van der Waals surface area contributed by atoms with Crippen LogP contribution in [0, 0.1) is 0 Å². The summed E-state index contributed by atoms with van der Waals surface area (Å²) in [6.45, 7) is 9.64. The Labute approximate surface area is 116 Å². The van der Waals surface area contributed by atoms with Crippen molar-refractivity contribution >= 4 is 12.1 Å². The summed E-state index contributed by atoms with van der Waals surface area (Å²) in [5.41, 5.74) is -0.463. The van der Waals surface area contributed by atoms with Crippen molar-refractivity contribution in [2.45, 2.75) is 46.1 Å². The largest absolute Gasteiger partial charge is 0.444 e. The third kappa shape index (κ3) is 11.4. The third-order valence-electron chi connectivity index (χ3n) is 2.13. The lowest BCUT2D eigenvalue weighted by atomic mass is 10.2. The molecule has 19 heavy (non-hydrogen) atoms. The molecule has 0 aromatic carbocycles. The molecule has 1 amide bonds. The third-order valence-corrected chi connectivity index (χ3v) is 2.13. The lowest BCUT2D eigenvalue weighted by molar-refractivity contribution is 0.0529. The van der Waals surface area contributed by atoms with Crippen LogP contribution in [0.1, 0.15) is 40.5 Å². The summed E-state index contributed by atoms with van der Waals surface area (Å²) < 4.78 is 5.13. The highest BCUT2D eigenvalue weighted by molar-refractivity contribution is 5.79. The zero-order valence-electron chi connectivity index (χ0n) is 12.8. The van der Waals surface area contributed by atoms with E-state index in [0.717, 1.165) is 25.3 Å². The molecule has 0 aliphatic heterocycles. The van der Waals surface area contributed by atoms with Gasteiger partial charge in [0.2, 0.25) is 0 Å². The molecule has 0 rings (SSSR count). The maximum atomic E-state index is 11.4. The van der Waals surface area contributed by atoms with Gasteiger partial charge in [-0.1, -0.05) is 13.3 Å². The van der Waals surface area contributed by atoms with Crippen LogP contribution in [0.15, 0.2) is 4.99 Å². The van der Waals surface area contributed by atoms with Crippen LogP contribution in [0.5, 0.6) is 0 Å². The first-order valence-electron chi connectivity index (χ1n) is 6.80. The molecular formula is C13H28N4O2. The Morgan fingerprint density at radius 3 is 2.21 bits per heavy atom. The van der Waals surface area contributed by atoms with Crippen molar-refractivity contribution in [3.8, 4) is 0 Å². The van der Waals surface area contributed by atoms with E-state index >= 15 is 0 Å². The average molecular weight is 272 g/mol. The molecule has 0 saturated heterocycles. The lowest BCUT2D eigenvalue weighted by Crippen LogP contribution is -2.42. The van der Waals surface area contributed by atoms with Crippen LogP contribution in [0.3, 0.4) is 0 Å². The van der Waals surface area contributed by atoms with Gasteiger partial charge in [0.15, 0.2) is 5.96 Å². The molecule has 0 atom stereocenters. The first kappa shape index (κ1) is 17.5. The number of carbonyl (C=O) groups is 1. The van der Waals surface area contributed by atoms with Crippen LogP contribution in [0.4, 0.5) is 4.79 Å². The minimum Gasteiger partial charge on any atom is -0.444 e. The number of nitrogens with zero attached hydrogens (tertiary/aromatic N) is 1. The molecule has 0 aromatic rings. The quantitative estimate of drug-likeness (QED) is 0.389. The molecule has 0 heterocycles. The maximum absolute atomic E-state index is 11.4. The van der Waals surface area contributed by atoms with Gasteiger partial charge in [0.1, 0.15) is 5.60 Å². The molecule has 0 aliphatic rings. The summed E-state index contributed by atoms with van der Waals surface area (Å²) in [5, 5.41) is 8.99.